The summed E-state index contributed by atoms with van der Waals surface area (Å²) in [5.74, 6) is -0.624. The number of amides is 1. The molecule has 2 N–H and O–H groups in total. The van der Waals surface area contributed by atoms with Crippen molar-refractivity contribution in [1.82, 2.24) is 0 Å². The van der Waals surface area contributed by atoms with E-state index < -0.39 is 32.5 Å². The second kappa shape index (κ2) is 11.9. The van der Waals surface area contributed by atoms with Gasteiger partial charge in [0, 0.05) is 16.4 Å². The zero-order valence-electron chi connectivity index (χ0n) is 23.0. The highest BCUT2D eigenvalue weighted by Gasteiger charge is 2.28. The Balaban J connectivity index is 1.54. The number of carbonyl (C=O) groups is 1. The van der Waals surface area contributed by atoms with Crippen LogP contribution < -0.4 is 14.3 Å². The molecule has 0 heterocycles. The molecule has 8 nitrogen and oxygen atoms in total. The van der Waals surface area contributed by atoms with Crippen molar-refractivity contribution in [2.45, 2.75) is 37.5 Å². The first-order valence-electron chi connectivity index (χ1n) is 12.6. The predicted octanol–water partition coefficient (Wildman–Crippen LogP) is 6.21. The highest BCUT2D eigenvalue weighted by Crippen LogP contribution is 2.28. The van der Waals surface area contributed by atoms with Gasteiger partial charge in [-0.15, -0.1) is 0 Å². The minimum absolute atomic E-state index is 0.00611. The van der Waals surface area contributed by atoms with E-state index in [1.807, 2.05) is 26.8 Å². The van der Waals surface area contributed by atoms with Gasteiger partial charge < -0.3 is 5.32 Å². The first-order valence-corrected chi connectivity index (χ1v) is 15.9. The Bertz CT molecular complexity index is 1810. The monoisotopic (exact) mass is 611 g/mol. The van der Waals surface area contributed by atoms with Gasteiger partial charge in [-0.2, -0.15) is 0 Å². The standard InChI is InChI=1S/C30H30ClN3O5S2/c1-20-5-13-28(14-6-20)41(38,39)34(26-12-8-22(3)29(31)18-26)19-30(35)32-24-10-15-27(16-11-24)40(36,37)33-25-9-7-21(2)23(4)17-25/h5-18,33H,19H2,1-4H3,(H,32,35). The van der Waals surface area contributed by atoms with Crippen LogP contribution in [-0.2, 0) is 24.8 Å². The van der Waals surface area contributed by atoms with Crippen LogP contribution in [0.3, 0.4) is 0 Å². The molecule has 0 fully saturated rings. The summed E-state index contributed by atoms with van der Waals surface area (Å²) >= 11 is 6.28. The lowest BCUT2D eigenvalue weighted by atomic mass is 10.1. The molecular weight excluding hydrogens is 582 g/mol. The van der Waals surface area contributed by atoms with Crippen LogP contribution in [0.1, 0.15) is 22.3 Å². The predicted molar refractivity (Wildman–Crippen MR) is 164 cm³/mol. The molecule has 0 unspecified atom stereocenters. The molecule has 41 heavy (non-hydrogen) atoms. The van der Waals surface area contributed by atoms with Gasteiger partial charge in [0.15, 0.2) is 0 Å². The molecule has 0 atom stereocenters. The maximum Gasteiger partial charge on any atom is 0.264 e. The summed E-state index contributed by atoms with van der Waals surface area (Å²) < 4.78 is 56.5. The Morgan fingerprint density at radius 1 is 0.707 bits per heavy atom. The quantitative estimate of drug-likeness (QED) is 0.234. The minimum atomic E-state index is -4.12. The molecule has 0 spiro atoms. The van der Waals surface area contributed by atoms with Gasteiger partial charge in [-0.3, -0.25) is 13.8 Å². The lowest BCUT2D eigenvalue weighted by Gasteiger charge is -2.24. The molecule has 0 aromatic heterocycles. The largest absolute Gasteiger partial charge is 0.325 e. The van der Waals surface area contributed by atoms with E-state index >= 15 is 0 Å². The smallest absolute Gasteiger partial charge is 0.264 e. The summed E-state index contributed by atoms with van der Waals surface area (Å²) in [7, 11) is -7.99. The van der Waals surface area contributed by atoms with Gasteiger partial charge in [0.1, 0.15) is 6.54 Å². The molecule has 4 aromatic rings. The van der Waals surface area contributed by atoms with Crippen LogP contribution in [0.2, 0.25) is 5.02 Å². The Hall–Kier alpha value is -3.86. The van der Waals surface area contributed by atoms with Crippen LogP contribution in [-0.4, -0.2) is 29.3 Å². The van der Waals surface area contributed by atoms with Gasteiger partial charge in [-0.25, -0.2) is 16.8 Å². The van der Waals surface area contributed by atoms with Gasteiger partial charge in [0.05, 0.1) is 15.5 Å². The summed E-state index contributed by atoms with van der Waals surface area (Å²) in [6, 6.07) is 22.0. The topological polar surface area (TPSA) is 113 Å². The molecule has 0 saturated heterocycles. The Morgan fingerprint density at radius 3 is 1.90 bits per heavy atom. The van der Waals surface area contributed by atoms with Crippen LogP contribution in [0.5, 0.6) is 0 Å². The Kier molecular flexibility index (Phi) is 8.77. The number of anilines is 3. The number of hydrogen-bond acceptors (Lipinski definition) is 5. The number of aryl methyl sites for hydroxylation is 4. The lowest BCUT2D eigenvalue weighted by molar-refractivity contribution is -0.114. The Morgan fingerprint density at radius 2 is 1.29 bits per heavy atom. The summed E-state index contributed by atoms with van der Waals surface area (Å²) in [5.41, 5.74) is 4.62. The van der Waals surface area contributed by atoms with Crippen LogP contribution in [0.25, 0.3) is 0 Å². The zero-order valence-corrected chi connectivity index (χ0v) is 25.4. The second-order valence-electron chi connectivity index (χ2n) is 9.74. The summed E-state index contributed by atoms with van der Waals surface area (Å²) in [6.45, 7) is 6.93. The summed E-state index contributed by atoms with van der Waals surface area (Å²) in [6.07, 6.45) is 0. The molecule has 1 amide bonds. The van der Waals surface area contributed by atoms with E-state index in [0.717, 1.165) is 26.6 Å². The van der Waals surface area contributed by atoms with Crippen molar-refractivity contribution < 1.29 is 21.6 Å². The second-order valence-corrected chi connectivity index (χ2v) is 13.7. The lowest BCUT2D eigenvalue weighted by Crippen LogP contribution is -2.38. The van der Waals surface area contributed by atoms with Crippen molar-refractivity contribution in [1.29, 1.82) is 0 Å². The number of nitrogens with zero attached hydrogens (tertiary/aromatic N) is 1. The maximum atomic E-state index is 13.6. The van der Waals surface area contributed by atoms with E-state index in [1.165, 1.54) is 42.5 Å². The molecule has 214 valence electrons. The molecule has 0 aliphatic carbocycles. The number of sulfonamides is 2. The van der Waals surface area contributed by atoms with Crippen molar-refractivity contribution in [3.63, 3.8) is 0 Å². The molecule has 11 heteroatoms. The number of rotatable bonds is 9. The maximum absolute atomic E-state index is 13.6. The average Bonchev–Trinajstić information content (AvgIpc) is 2.91. The highest BCUT2D eigenvalue weighted by molar-refractivity contribution is 7.93. The Labute approximate surface area is 246 Å². The molecule has 0 radical (unpaired) electrons. The fourth-order valence-corrected chi connectivity index (χ4v) is 6.59. The van der Waals surface area contributed by atoms with Crippen molar-refractivity contribution in [2.75, 3.05) is 20.9 Å². The number of hydrogen-bond donors (Lipinski definition) is 2. The van der Waals surface area contributed by atoms with E-state index in [2.05, 4.69) is 10.0 Å². The van der Waals surface area contributed by atoms with Crippen molar-refractivity contribution in [3.05, 3.63) is 112 Å². The van der Waals surface area contributed by atoms with Crippen LogP contribution in [0, 0.1) is 27.7 Å². The molecule has 0 saturated carbocycles. The van der Waals surface area contributed by atoms with Crippen molar-refractivity contribution >= 4 is 54.6 Å². The van der Waals surface area contributed by atoms with Crippen molar-refractivity contribution in [3.8, 4) is 0 Å². The van der Waals surface area contributed by atoms with E-state index in [9.17, 15) is 21.6 Å². The van der Waals surface area contributed by atoms with Gasteiger partial charge in [0.25, 0.3) is 20.0 Å². The van der Waals surface area contributed by atoms with Gasteiger partial charge in [0.2, 0.25) is 5.91 Å². The van der Waals surface area contributed by atoms with E-state index in [1.54, 1.807) is 43.3 Å². The van der Waals surface area contributed by atoms with Gasteiger partial charge in [-0.1, -0.05) is 41.4 Å². The highest BCUT2D eigenvalue weighted by atomic mass is 35.5. The first-order chi connectivity index (χ1) is 19.3. The molecule has 4 rings (SSSR count). The molecule has 0 aliphatic heterocycles. The number of carbonyl (C=O) groups excluding carboxylic acids is 1. The fraction of sp³-hybridized carbons (Fsp3) is 0.167. The van der Waals surface area contributed by atoms with E-state index in [0.29, 0.717) is 16.4 Å². The number of benzene rings is 4. The minimum Gasteiger partial charge on any atom is -0.325 e. The first kappa shape index (κ1) is 30.1. The molecule has 4 aromatic carbocycles. The third kappa shape index (κ3) is 7.08. The van der Waals surface area contributed by atoms with E-state index in [4.69, 9.17) is 11.6 Å². The molecule has 0 bridgehead atoms. The average molecular weight is 612 g/mol. The number of nitrogens with one attached hydrogen (secondary N) is 2. The molecular formula is C30H30ClN3O5S2. The van der Waals surface area contributed by atoms with Crippen LogP contribution >= 0.6 is 11.6 Å². The number of halogens is 1. The van der Waals surface area contributed by atoms with E-state index in [-0.39, 0.29) is 15.5 Å². The van der Waals surface area contributed by atoms with Gasteiger partial charge >= 0.3 is 0 Å². The van der Waals surface area contributed by atoms with Crippen LogP contribution in [0.4, 0.5) is 17.1 Å². The summed E-state index contributed by atoms with van der Waals surface area (Å²) in [4.78, 5) is 13.1. The normalized spacial score (nSPS) is 11.6. The molecule has 0 aliphatic rings. The third-order valence-corrected chi connectivity index (χ3v) is 10.1. The van der Waals surface area contributed by atoms with Crippen molar-refractivity contribution in [2.24, 2.45) is 0 Å². The fourth-order valence-electron chi connectivity index (χ4n) is 3.96. The SMILES string of the molecule is Cc1ccc(S(=O)(=O)N(CC(=O)Nc2ccc(S(=O)(=O)Nc3ccc(C)c(C)c3)cc2)c2ccc(C)c(Cl)c2)cc1. The van der Waals surface area contributed by atoms with Crippen LogP contribution in [0.15, 0.2) is 94.7 Å². The van der Waals surface area contributed by atoms with Gasteiger partial charge in [-0.05, 0) is 105 Å². The third-order valence-electron chi connectivity index (χ3n) is 6.55. The zero-order chi connectivity index (χ0) is 29.9. The summed E-state index contributed by atoms with van der Waals surface area (Å²) in [5, 5.41) is 3.01.